The number of rotatable bonds is 7. The first-order valence-electron chi connectivity index (χ1n) is 11.2. The highest BCUT2D eigenvalue weighted by Crippen LogP contribution is 2.29. The van der Waals surface area contributed by atoms with Gasteiger partial charge in [0.05, 0.1) is 5.92 Å². The lowest BCUT2D eigenvalue weighted by Crippen LogP contribution is -2.49. The summed E-state index contributed by atoms with van der Waals surface area (Å²) in [6.45, 7) is 0.184. The van der Waals surface area contributed by atoms with Crippen LogP contribution in [0.2, 0.25) is 0 Å². The van der Waals surface area contributed by atoms with E-state index in [2.05, 4.69) is 5.32 Å². The summed E-state index contributed by atoms with van der Waals surface area (Å²) < 4.78 is 10.5. The lowest BCUT2D eigenvalue weighted by Gasteiger charge is -2.31. The second-order valence-corrected chi connectivity index (χ2v) is 8.24. The molecule has 9 nitrogen and oxygen atoms in total. The number of hydrogen-bond donors (Lipinski definition) is 3. The number of benzene rings is 2. The van der Waals surface area contributed by atoms with Crippen molar-refractivity contribution in [2.75, 3.05) is 6.54 Å². The molecule has 1 fully saturated rings. The molecule has 0 bridgehead atoms. The van der Waals surface area contributed by atoms with Gasteiger partial charge in [-0.1, -0.05) is 60.7 Å². The third-order valence-electron chi connectivity index (χ3n) is 5.77. The normalized spacial score (nSPS) is 17.3. The Balaban J connectivity index is 1.59. The van der Waals surface area contributed by atoms with Crippen LogP contribution in [0, 0.1) is 17.2 Å². The van der Waals surface area contributed by atoms with Crippen molar-refractivity contribution in [3.05, 3.63) is 71.8 Å². The number of hydrogen-bond acceptors (Lipinski definition) is 6. The number of nitrogens with zero attached hydrogens (tertiary/aromatic N) is 1. The first kappa shape index (κ1) is 24.8. The smallest absolute Gasteiger partial charge is 0.416 e. The molecule has 9 heteroatoms. The maximum atomic E-state index is 12.8. The van der Waals surface area contributed by atoms with Crippen molar-refractivity contribution >= 4 is 24.1 Å². The number of alkyl carbamates (subject to hydrolysis) is 1. The largest absolute Gasteiger partial charge is 0.481 e. The van der Waals surface area contributed by atoms with Gasteiger partial charge >= 0.3 is 18.2 Å². The van der Waals surface area contributed by atoms with Crippen LogP contribution in [0.5, 0.6) is 0 Å². The molecule has 0 radical (unpaired) electrons. The first-order valence-corrected chi connectivity index (χ1v) is 11.2. The second kappa shape index (κ2) is 12.4. The predicted molar refractivity (Wildman–Crippen MR) is 124 cm³/mol. The van der Waals surface area contributed by atoms with E-state index in [1.807, 2.05) is 48.5 Å². The summed E-state index contributed by atoms with van der Waals surface area (Å²) in [5.74, 6) is -1.66. The van der Waals surface area contributed by atoms with Crippen LogP contribution in [-0.2, 0) is 27.5 Å². The Bertz CT molecular complexity index is 975. The number of carbonyl (C=O) groups excluding carboxylic acids is 2. The van der Waals surface area contributed by atoms with Crippen molar-refractivity contribution in [3.63, 3.8) is 0 Å². The molecule has 0 spiro atoms. The summed E-state index contributed by atoms with van der Waals surface area (Å²) in [5, 5.41) is 19.8. The highest BCUT2D eigenvalue weighted by atomic mass is 16.6. The lowest BCUT2D eigenvalue weighted by atomic mass is 9.82. The van der Waals surface area contributed by atoms with E-state index in [0.29, 0.717) is 25.7 Å². The highest BCUT2D eigenvalue weighted by Gasteiger charge is 2.31. The van der Waals surface area contributed by atoms with E-state index >= 15 is 0 Å². The van der Waals surface area contributed by atoms with E-state index < -0.39 is 24.1 Å². The van der Waals surface area contributed by atoms with Crippen LogP contribution >= 0.6 is 0 Å². The molecular formula is C25H29N3O6. The van der Waals surface area contributed by atoms with E-state index in [4.69, 9.17) is 14.9 Å². The summed E-state index contributed by atoms with van der Waals surface area (Å²) >= 11 is 0. The molecule has 1 aliphatic rings. The average molecular weight is 468 g/mol. The molecule has 0 heterocycles. The summed E-state index contributed by atoms with van der Waals surface area (Å²) in [4.78, 5) is 37.4. The minimum absolute atomic E-state index is 0.0117. The van der Waals surface area contributed by atoms with Crippen LogP contribution in [0.3, 0.4) is 0 Å². The third-order valence-corrected chi connectivity index (χ3v) is 5.77. The molecule has 180 valence electrons. The zero-order chi connectivity index (χ0) is 24.3. The maximum Gasteiger partial charge on any atom is 0.416 e. The number of carboxylic acid groups (broad SMARTS) is 1. The summed E-state index contributed by atoms with van der Waals surface area (Å²) in [6, 6.07) is 18.2. The molecule has 2 amide bonds. The van der Waals surface area contributed by atoms with Gasteiger partial charge in [0.25, 0.3) is 0 Å². The number of guanidine groups is 1. The van der Waals surface area contributed by atoms with E-state index in [0.717, 1.165) is 16.0 Å². The highest BCUT2D eigenvalue weighted by molar-refractivity contribution is 5.99. The van der Waals surface area contributed by atoms with Gasteiger partial charge in [0.15, 0.2) is 0 Å². The monoisotopic (exact) mass is 467 g/mol. The molecule has 0 atom stereocenters. The zero-order valence-electron chi connectivity index (χ0n) is 18.8. The third kappa shape index (κ3) is 7.61. The second-order valence-electron chi connectivity index (χ2n) is 8.24. The van der Waals surface area contributed by atoms with Crippen molar-refractivity contribution in [1.29, 1.82) is 5.41 Å². The predicted octanol–water partition coefficient (Wildman–Crippen LogP) is 4.38. The number of carbonyl (C=O) groups is 3. The van der Waals surface area contributed by atoms with Gasteiger partial charge < -0.3 is 14.6 Å². The summed E-state index contributed by atoms with van der Waals surface area (Å²) in [7, 11) is 0. The number of ether oxygens (including phenoxy) is 2. The molecule has 34 heavy (non-hydrogen) atoms. The topological polar surface area (TPSA) is 129 Å². The Kier molecular flexibility index (Phi) is 9.02. The molecule has 0 unspecified atom stereocenters. The molecule has 3 rings (SSSR count). The molecule has 3 N–H and O–H groups in total. The summed E-state index contributed by atoms with van der Waals surface area (Å²) in [6.07, 6.45) is 0.595. The molecular weight excluding hydrogens is 438 g/mol. The van der Waals surface area contributed by atoms with Crippen LogP contribution < -0.4 is 5.32 Å². The quantitative estimate of drug-likeness (QED) is 0.409. The van der Waals surface area contributed by atoms with Crippen LogP contribution in [0.4, 0.5) is 9.59 Å². The number of amides is 2. The van der Waals surface area contributed by atoms with Crippen molar-refractivity contribution in [1.82, 2.24) is 10.2 Å². The standard InChI is InChI=1S/C25H29N3O6/c26-23(27-24(31)33-16-19-7-3-1-4-8-19)28(15-18-11-13-21(14-12-18)22(29)30)25(32)34-17-20-9-5-2-6-10-20/h1-10,18,21H,11-17H2,(H,29,30)(H2,26,27,31). The lowest BCUT2D eigenvalue weighted by molar-refractivity contribution is -0.143. The van der Waals surface area contributed by atoms with E-state index in [1.54, 1.807) is 12.1 Å². The van der Waals surface area contributed by atoms with Gasteiger partial charge in [-0.05, 0) is 42.7 Å². The molecule has 2 aromatic carbocycles. The molecule has 0 aromatic heterocycles. The molecule has 1 saturated carbocycles. The fourth-order valence-corrected chi connectivity index (χ4v) is 3.83. The van der Waals surface area contributed by atoms with Gasteiger partial charge in [0.1, 0.15) is 13.2 Å². The minimum Gasteiger partial charge on any atom is -0.481 e. The number of aliphatic carboxylic acids is 1. The van der Waals surface area contributed by atoms with Gasteiger partial charge in [0.2, 0.25) is 5.96 Å². The van der Waals surface area contributed by atoms with E-state index in [1.165, 1.54) is 0 Å². The van der Waals surface area contributed by atoms with Gasteiger partial charge in [-0.3, -0.25) is 15.5 Å². The Hall–Kier alpha value is -3.88. The first-order chi connectivity index (χ1) is 16.4. The summed E-state index contributed by atoms with van der Waals surface area (Å²) in [5.41, 5.74) is 1.58. The molecule has 1 aliphatic carbocycles. The van der Waals surface area contributed by atoms with E-state index in [9.17, 15) is 19.5 Å². The molecule has 0 saturated heterocycles. The Morgan fingerprint density at radius 3 is 1.94 bits per heavy atom. The van der Waals surface area contributed by atoms with Crippen LogP contribution in [0.15, 0.2) is 60.7 Å². The van der Waals surface area contributed by atoms with Gasteiger partial charge in [-0.25, -0.2) is 14.5 Å². The van der Waals surface area contributed by atoms with Crippen molar-refractivity contribution in [2.24, 2.45) is 11.8 Å². The fourth-order valence-electron chi connectivity index (χ4n) is 3.83. The average Bonchev–Trinajstić information content (AvgIpc) is 2.86. The number of carboxylic acids is 1. The van der Waals surface area contributed by atoms with Crippen LogP contribution in [-0.4, -0.2) is 40.7 Å². The zero-order valence-corrected chi connectivity index (χ0v) is 18.8. The minimum atomic E-state index is -0.857. The SMILES string of the molecule is N=C(NC(=O)OCc1ccccc1)N(CC1CCC(C(=O)O)CC1)C(=O)OCc1ccccc1. The van der Waals surface area contributed by atoms with Crippen LogP contribution in [0.1, 0.15) is 36.8 Å². The Morgan fingerprint density at radius 1 is 0.882 bits per heavy atom. The van der Waals surface area contributed by atoms with Crippen molar-refractivity contribution in [3.8, 4) is 0 Å². The van der Waals surface area contributed by atoms with Gasteiger partial charge in [-0.15, -0.1) is 0 Å². The maximum absolute atomic E-state index is 12.8. The Labute approximate surface area is 198 Å². The van der Waals surface area contributed by atoms with E-state index in [-0.39, 0.29) is 31.6 Å². The van der Waals surface area contributed by atoms with Gasteiger partial charge in [0, 0.05) is 6.54 Å². The number of nitrogens with one attached hydrogen (secondary N) is 2. The molecule has 0 aliphatic heterocycles. The Morgan fingerprint density at radius 2 is 1.41 bits per heavy atom. The van der Waals surface area contributed by atoms with Crippen molar-refractivity contribution in [2.45, 2.75) is 38.9 Å². The van der Waals surface area contributed by atoms with Crippen molar-refractivity contribution < 1.29 is 29.0 Å². The fraction of sp³-hybridized carbons (Fsp3) is 0.360. The van der Waals surface area contributed by atoms with Crippen LogP contribution in [0.25, 0.3) is 0 Å². The molecule has 2 aromatic rings. The van der Waals surface area contributed by atoms with Gasteiger partial charge in [-0.2, -0.15) is 0 Å².